The highest BCUT2D eigenvalue weighted by atomic mass is 35.5. The summed E-state index contributed by atoms with van der Waals surface area (Å²) >= 11 is 5.67. The maximum absolute atomic E-state index is 12.6. The normalized spacial score (nSPS) is 10.7. The van der Waals surface area contributed by atoms with E-state index in [1.807, 2.05) is 0 Å². The molecule has 1 aromatic heterocycles. The average Bonchev–Trinajstić information content (AvgIpc) is 2.28. The molecule has 0 aliphatic carbocycles. The minimum atomic E-state index is -2.75. The second-order valence-electron chi connectivity index (χ2n) is 3.48. The van der Waals surface area contributed by atoms with Gasteiger partial charge in [0, 0.05) is 11.3 Å². The number of anilines is 1. The second-order valence-corrected chi connectivity index (χ2v) is 3.74. The minimum Gasteiger partial charge on any atom is -0.466 e. The summed E-state index contributed by atoms with van der Waals surface area (Å²) in [5.74, 6) is -0.556. The summed E-state index contributed by atoms with van der Waals surface area (Å²) in [5, 5.41) is 0. The highest BCUT2D eigenvalue weighted by molar-refractivity contribution is 6.17. The van der Waals surface area contributed by atoms with E-state index in [1.54, 1.807) is 6.92 Å². The molecule has 0 fully saturated rings. The Morgan fingerprint density at radius 2 is 2.28 bits per heavy atom. The molecule has 2 N–H and O–H groups in total. The van der Waals surface area contributed by atoms with Gasteiger partial charge in [-0.3, -0.25) is 9.78 Å². The number of carbonyl (C=O) groups is 1. The van der Waals surface area contributed by atoms with Gasteiger partial charge in [-0.1, -0.05) is 0 Å². The Balaban J connectivity index is 3.10. The number of alkyl halides is 3. The molecule has 1 rings (SSSR count). The monoisotopic (exact) mass is 278 g/mol. The van der Waals surface area contributed by atoms with Crippen molar-refractivity contribution >= 4 is 23.3 Å². The number of aromatic nitrogens is 1. The van der Waals surface area contributed by atoms with Gasteiger partial charge in [0.2, 0.25) is 0 Å². The highest BCUT2D eigenvalue weighted by Gasteiger charge is 2.18. The summed E-state index contributed by atoms with van der Waals surface area (Å²) in [7, 11) is 0. The first-order valence-electron chi connectivity index (χ1n) is 5.27. The lowest BCUT2D eigenvalue weighted by atomic mass is 10.1. The van der Waals surface area contributed by atoms with Crippen LogP contribution in [0, 0.1) is 0 Å². The van der Waals surface area contributed by atoms with Crippen molar-refractivity contribution in [1.29, 1.82) is 0 Å². The summed E-state index contributed by atoms with van der Waals surface area (Å²) in [6, 6.07) is 1.07. The zero-order chi connectivity index (χ0) is 13.7. The molecule has 18 heavy (non-hydrogen) atoms. The highest BCUT2D eigenvalue weighted by Crippen LogP contribution is 2.25. The summed E-state index contributed by atoms with van der Waals surface area (Å²) in [4.78, 5) is 15.1. The fraction of sp³-hybridized carbons (Fsp3) is 0.455. The third kappa shape index (κ3) is 3.53. The van der Waals surface area contributed by atoms with E-state index in [1.165, 1.54) is 0 Å². The van der Waals surface area contributed by atoms with E-state index in [0.717, 1.165) is 6.07 Å². The number of rotatable bonds is 5. The van der Waals surface area contributed by atoms with Crippen LogP contribution in [0.25, 0.3) is 0 Å². The van der Waals surface area contributed by atoms with Gasteiger partial charge >= 0.3 is 5.97 Å². The van der Waals surface area contributed by atoms with Gasteiger partial charge in [0.15, 0.2) is 0 Å². The van der Waals surface area contributed by atoms with Gasteiger partial charge in [0.25, 0.3) is 6.43 Å². The number of carbonyl (C=O) groups excluding carboxylic acids is 1. The second kappa shape index (κ2) is 6.49. The van der Waals surface area contributed by atoms with Crippen LogP contribution in [0.2, 0.25) is 0 Å². The lowest BCUT2D eigenvalue weighted by Gasteiger charge is -2.11. The number of halogens is 3. The maximum Gasteiger partial charge on any atom is 0.311 e. The maximum atomic E-state index is 12.6. The summed E-state index contributed by atoms with van der Waals surface area (Å²) < 4.78 is 29.9. The fourth-order valence-electron chi connectivity index (χ4n) is 1.43. The van der Waals surface area contributed by atoms with E-state index in [9.17, 15) is 13.6 Å². The van der Waals surface area contributed by atoms with E-state index in [0.29, 0.717) is 5.56 Å². The Bertz CT molecular complexity index is 441. The van der Waals surface area contributed by atoms with Gasteiger partial charge < -0.3 is 10.5 Å². The molecule has 0 spiro atoms. The zero-order valence-electron chi connectivity index (χ0n) is 9.75. The predicted molar refractivity (Wildman–Crippen MR) is 63.5 cm³/mol. The van der Waals surface area contributed by atoms with Gasteiger partial charge in [0.05, 0.1) is 24.6 Å². The molecule has 7 heteroatoms. The molecule has 0 amide bonds. The lowest BCUT2D eigenvalue weighted by Crippen LogP contribution is -2.13. The number of nitrogens with two attached hydrogens (primary N) is 1. The summed E-state index contributed by atoms with van der Waals surface area (Å²) in [6.45, 7) is 1.86. The van der Waals surface area contributed by atoms with Gasteiger partial charge in [-0.15, -0.1) is 11.6 Å². The van der Waals surface area contributed by atoms with Crippen LogP contribution in [0.3, 0.4) is 0 Å². The Hall–Kier alpha value is -1.43. The Morgan fingerprint density at radius 3 is 2.78 bits per heavy atom. The van der Waals surface area contributed by atoms with Crippen LogP contribution >= 0.6 is 11.6 Å². The first-order chi connectivity index (χ1) is 8.49. The molecule has 0 unspecified atom stereocenters. The largest absolute Gasteiger partial charge is 0.466 e. The van der Waals surface area contributed by atoms with E-state index in [-0.39, 0.29) is 30.3 Å². The predicted octanol–water partition coefficient (Wildman–Crippen LogP) is 2.45. The molecule has 100 valence electrons. The summed E-state index contributed by atoms with van der Waals surface area (Å²) in [5.41, 5.74) is 5.77. The smallest absolute Gasteiger partial charge is 0.311 e. The number of nitrogens with zero attached hydrogens (tertiary/aromatic N) is 1. The number of hydrogen-bond acceptors (Lipinski definition) is 4. The molecular weight excluding hydrogens is 266 g/mol. The molecule has 0 bridgehead atoms. The van der Waals surface area contributed by atoms with Crippen molar-refractivity contribution in [2.45, 2.75) is 25.7 Å². The van der Waals surface area contributed by atoms with E-state index in [4.69, 9.17) is 22.1 Å². The van der Waals surface area contributed by atoms with Crippen molar-refractivity contribution in [3.8, 4) is 0 Å². The molecule has 4 nitrogen and oxygen atoms in total. The van der Waals surface area contributed by atoms with Crippen LogP contribution in [0.5, 0.6) is 0 Å². The standard InChI is InChI=1S/C11H13ClF2N2O2/c1-2-18-10(17)4-8-6(5-12)7(15)3-9(16-8)11(13)14/h3,11H,2,4-5H2,1H3,(H2,15,16). The third-order valence-electron chi connectivity index (χ3n) is 2.24. The topological polar surface area (TPSA) is 65.2 Å². The number of esters is 1. The molecule has 0 saturated carbocycles. The van der Waals surface area contributed by atoms with Gasteiger partial charge in [-0.25, -0.2) is 8.78 Å². The molecule has 0 radical (unpaired) electrons. The first kappa shape index (κ1) is 14.6. The molecular formula is C11H13ClF2N2O2. The van der Waals surface area contributed by atoms with Crippen LogP contribution in [-0.2, 0) is 21.8 Å². The Morgan fingerprint density at radius 1 is 1.61 bits per heavy atom. The number of ether oxygens (including phenoxy) is 1. The molecule has 0 aromatic carbocycles. The van der Waals surface area contributed by atoms with Crippen LogP contribution in [0.15, 0.2) is 6.07 Å². The average molecular weight is 279 g/mol. The Labute approximate surface area is 108 Å². The van der Waals surface area contributed by atoms with Gasteiger partial charge in [-0.2, -0.15) is 0 Å². The number of hydrogen-bond donors (Lipinski definition) is 1. The van der Waals surface area contributed by atoms with Gasteiger partial charge in [0.1, 0.15) is 5.69 Å². The van der Waals surface area contributed by atoms with E-state index >= 15 is 0 Å². The molecule has 0 aliphatic rings. The lowest BCUT2D eigenvalue weighted by molar-refractivity contribution is -0.142. The van der Waals surface area contributed by atoms with Crippen LogP contribution < -0.4 is 5.73 Å². The molecule has 0 aliphatic heterocycles. The van der Waals surface area contributed by atoms with Crippen LogP contribution in [0.1, 0.15) is 30.3 Å². The van der Waals surface area contributed by atoms with Crippen molar-refractivity contribution in [2.75, 3.05) is 12.3 Å². The van der Waals surface area contributed by atoms with Crippen LogP contribution in [0.4, 0.5) is 14.5 Å². The SMILES string of the molecule is CCOC(=O)Cc1nc(C(F)F)cc(N)c1CCl. The third-order valence-corrected chi connectivity index (χ3v) is 2.51. The quantitative estimate of drug-likeness (QED) is 0.664. The molecule has 0 saturated heterocycles. The fourth-order valence-corrected chi connectivity index (χ4v) is 1.74. The number of pyridine rings is 1. The molecule has 1 aromatic rings. The zero-order valence-corrected chi connectivity index (χ0v) is 10.5. The van der Waals surface area contributed by atoms with Gasteiger partial charge in [-0.05, 0) is 13.0 Å². The van der Waals surface area contributed by atoms with Crippen molar-refractivity contribution in [3.05, 3.63) is 23.0 Å². The molecule has 0 atom stereocenters. The van der Waals surface area contributed by atoms with Crippen molar-refractivity contribution in [3.63, 3.8) is 0 Å². The first-order valence-corrected chi connectivity index (χ1v) is 5.80. The minimum absolute atomic E-state index is 0.00289. The van der Waals surface area contributed by atoms with E-state index in [2.05, 4.69) is 4.98 Å². The summed E-state index contributed by atoms with van der Waals surface area (Å²) in [6.07, 6.45) is -2.97. The molecule has 1 heterocycles. The Kier molecular flexibility index (Phi) is 5.27. The number of nitrogen functional groups attached to an aromatic ring is 1. The van der Waals surface area contributed by atoms with Crippen molar-refractivity contribution in [1.82, 2.24) is 4.98 Å². The van der Waals surface area contributed by atoms with Crippen LogP contribution in [-0.4, -0.2) is 17.6 Å². The van der Waals surface area contributed by atoms with Crippen molar-refractivity contribution < 1.29 is 18.3 Å². The van der Waals surface area contributed by atoms with E-state index < -0.39 is 18.1 Å². The van der Waals surface area contributed by atoms with Crippen molar-refractivity contribution in [2.24, 2.45) is 0 Å².